The molecule has 0 atom stereocenters. The molecule has 1 aromatic heterocycles. The van der Waals surface area contributed by atoms with Gasteiger partial charge in [-0.2, -0.15) is 0 Å². The second-order valence-corrected chi connectivity index (χ2v) is 3.78. The van der Waals surface area contributed by atoms with Crippen LogP contribution in [0.4, 0.5) is 5.69 Å². The lowest BCUT2D eigenvalue weighted by molar-refractivity contribution is 1.30. The lowest BCUT2D eigenvalue weighted by Gasteiger charge is -1.99. The Morgan fingerprint density at radius 1 is 1.12 bits per heavy atom. The van der Waals surface area contributed by atoms with E-state index in [4.69, 9.17) is 17.3 Å². The lowest BCUT2D eigenvalue weighted by atomic mass is 10.2. The van der Waals surface area contributed by atoms with Crippen molar-refractivity contribution in [3.8, 4) is 0 Å². The van der Waals surface area contributed by atoms with E-state index in [1.54, 1.807) is 12.3 Å². The van der Waals surface area contributed by atoms with Crippen molar-refractivity contribution in [1.82, 2.24) is 4.98 Å². The van der Waals surface area contributed by atoms with Gasteiger partial charge in [0.15, 0.2) is 0 Å². The number of nitrogens with two attached hydrogens (primary N) is 1. The molecule has 2 nitrogen and oxygen atoms in total. The van der Waals surface area contributed by atoms with E-state index in [0.29, 0.717) is 10.7 Å². The van der Waals surface area contributed by atoms with Gasteiger partial charge in [-0.3, -0.25) is 4.98 Å². The van der Waals surface area contributed by atoms with E-state index >= 15 is 0 Å². The minimum absolute atomic E-state index is 0.646. The summed E-state index contributed by atoms with van der Waals surface area (Å²) in [5, 5.41) is 0.646. The zero-order valence-electron chi connectivity index (χ0n) is 8.60. The Morgan fingerprint density at radius 2 is 2.00 bits per heavy atom. The largest absolute Gasteiger partial charge is 0.399 e. The van der Waals surface area contributed by atoms with Gasteiger partial charge in [-0.05, 0) is 35.9 Å². The molecule has 2 N–H and O–H groups in total. The van der Waals surface area contributed by atoms with Crippen LogP contribution in [-0.4, -0.2) is 4.98 Å². The first kappa shape index (κ1) is 10.7. The van der Waals surface area contributed by atoms with E-state index in [9.17, 15) is 0 Å². The first-order chi connectivity index (χ1) is 7.75. The summed E-state index contributed by atoms with van der Waals surface area (Å²) in [6, 6.07) is 11.2. The van der Waals surface area contributed by atoms with Gasteiger partial charge in [0.1, 0.15) is 0 Å². The molecular weight excluding hydrogens is 220 g/mol. The van der Waals surface area contributed by atoms with Crippen molar-refractivity contribution in [1.29, 1.82) is 0 Å². The second-order valence-electron chi connectivity index (χ2n) is 3.37. The molecule has 80 valence electrons. The van der Waals surface area contributed by atoms with Crippen molar-refractivity contribution in [3.63, 3.8) is 0 Å². The highest BCUT2D eigenvalue weighted by atomic mass is 35.5. The highest BCUT2D eigenvalue weighted by Gasteiger charge is 1.96. The van der Waals surface area contributed by atoms with E-state index < -0.39 is 0 Å². The average Bonchev–Trinajstić information content (AvgIpc) is 2.29. The number of rotatable bonds is 2. The minimum atomic E-state index is 0.646. The number of benzene rings is 1. The smallest absolute Gasteiger partial charge is 0.0629 e. The van der Waals surface area contributed by atoms with Crippen LogP contribution in [0.25, 0.3) is 12.2 Å². The molecule has 0 amide bonds. The first-order valence-corrected chi connectivity index (χ1v) is 5.27. The number of hydrogen-bond donors (Lipinski definition) is 1. The minimum Gasteiger partial charge on any atom is -0.399 e. The number of hydrogen-bond acceptors (Lipinski definition) is 2. The third-order valence-electron chi connectivity index (χ3n) is 2.15. The highest BCUT2D eigenvalue weighted by molar-refractivity contribution is 6.32. The quantitative estimate of drug-likeness (QED) is 0.803. The van der Waals surface area contributed by atoms with Crippen molar-refractivity contribution >= 4 is 29.4 Å². The molecule has 0 unspecified atom stereocenters. The molecule has 1 heterocycles. The van der Waals surface area contributed by atoms with Crippen LogP contribution in [0.2, 0.25) is 5.02 Å². The van der Waals surface area contributed by atoms with Gasteiger partial charge in [0.2, 0.25) is 0 Å². The summed E-state index contributed by atoms with van der Waals surface area (Å²) in [4.78, 5) is 4.19. The maximum atomic E-state index is 6.04. The van der Waals surface area contributed by atoms with E-state index in [2.05, 4.69) is 4.98 Å². The maximum absolute atomic E-state index is 6.04. The van der Waals surface area contributed by atoms with Gasteiger partial charge in [-0.25, -0.2) is 0 Å². The van der Waals surface area contributed by atoms with E-state index in [0.717, 1.165) is 11.3 Å². The number of aromatic nitrogens is 1. The van der Waals surface area contributed by atoms with Gasteiger partial charge in [-0.1, -0.05) is 29.8 Å². The van der Waals surface area contributed by atoms with E-state index in [-0.39, 0.29) is 0 Å². The third kappa shape index (κ3) is 2.61. The van der Waals surface area contributed by atoms with Crippen molar-refractivity contribution in [2.45, 2.75) is 0 Å². The summed E-state index contributed by atoms with van der Waals surface area (Å²) < 4.78 is 0. The fourth-order valence-corrected chi connectivity index (χ4v) is 1.58. The van der Waals surface area contributed by atoms with Crippen LogP contribution in [0.5, 0.6) is 0 Å². The number of nitrogens with zero attached hydrogens (tertiary/aromatic N) is 1. The number of pyridine rings is 1. The Labute approximate surface area is 99.4 Å². The van der Waals surface area contributed by atoms with Crippen LogP contribution in [0.15, 0.2) is 42.6 Å². The Morgan fingerprint density at radius 3 is 2.69 bits per heavy atom. The third-order valence-corrected chi connectivity index (χ3v) is 2.47. The number of anilines is 1. The van der Waals surface area contributed by atoms with Gasteiger partial charge >= 0.3 is 0 Å². The molecule has 0 spiro atoms. The summed E-state index contributed by atoms with van der Waals surface area (Å²) in [6.45, 7) is 0. The molecule has 0 aliphatic rings. The Balaban J connectivity index is 2.24. The molecule has 3 heteroatoms. The van der Waals surface area contributed by atoms with E-state index in [1.807, 2.05) is 42.5 Å². The molecule has 0 saturated heterocycles. The average molecular weight is 231 g/mol. The Bertz CT molecular complexity index is 507. The van der Waals surface area contributed by atoms with Crippen molar-refractivity contribution < 1.29 is 0 Å². The zero-order valence-corrected chi connectivity index (χ0v) is 9.35. The molecule has 0 aliphatic heterocycles. The standard InChI is InChI=1S/C13H11ClN2/c14-13-9-11(15)6-4-10(13)5-7-12-3-1-2-8-16-12/h1-9H,15H2. The molecule has 2 rings (SSSR count). The van der Waals surface area contributed by atoms with Crippen LogP contribution >= 0.6 is 11.6 Å². The molecular formula is C13H11ClN2. The summed E-state index contributed by atoms with van der Waals surface area (Å²) >= 11 is 6.04. The molecule has 0 bridgehead atoms. The predicted octanol–water partition coefficient (Wildman–Crippen LogP) is 3.49. The monoisotopic (exact) mass is 230 g/mol. The second kappa shape index (κ2) is 4.81. The summed E-state index contributed by atoms with van der Waals surface area (Å²) in [7, 11) is 0. The summed E-state index contributed by atoms with van der Waals surface area (Å²) in [5.74, 6) is 0. The fraction of sp³-hybridized carbons (Fsp3) is 0. The van der Waals surface area contributed by atoms with E-state index in [1.165, 1.54) is 0 Å². The molecule has 1 aromatic carbocycles. The van der Waals surface area contributed by atoms with Gasteiger partial charge < -0.3 is 5.73 Å². The summed E-state index contributed by atoms with van der Waals surface area (Å²) in [5.41, 5.74) is 8.11. The van der Waals surface area contributed by atoms with Gasteiger partial charge in [0, 0.05) is 16.9 Å². The molecule has 0 aliphatic carbocycles. The van der Waals surface area contributed by atoms with Gasteiger partial charge in [0.25, 0.3) is 0 Å². The fourth-order valence-electron chi connectivity index (χ4n) is 1.33. The highest BCUT2D eigenvalue weighted by Crippen LogP contribution is 2.20. The van der Waals surface area contributed by atoms with Crippen molar-refractivity contribution in [3.05, 3.63) is 58.9 Å². The Kier molecular flexibility index (Phi) is 3.22. The summed E-state index contributed by atoms with van der Waals surface area (Å²) in [6.07, 6.45) is 5.59. The number of nitrogen functional groups attached to an aromatic ring is 1. The van der Waals surface area contributed by atoms with Crippen LogP contribution < -0.4 is 5.73 Å². The molecule has 16 heavy (non-hydrogen) atoms. The topological polar surface area (TPSA) is 38.9 Å². The first-order valence-electron chi connectivity index (χ1n) is 4.90. The van der Waals surface area contributed by atoms with Gasteiger partial charge in [0.05, 0.1) is 5.69 Å². The molecule has 0 fully saturated rings. The molecule has 0 saturated carbocycles. The Hall–Kier alpha value is -1.80. The normalized spacial score (nSPS) is 10.8. The maximum Gasteiger partial charge on any atom is 0.0629 e. The van der Waals surface area contributed by atoms with Crippen molar-refractivity contribution in [2.24, 2.45) is 0 Å². The van der Waals surface area contributed by atoms with Crippen LogP contribution in [0.1, 0.15) is 11.3 Å². The van der Waals surface area contributed by atoms with Crippen LogP contribution in [0, 0.1) is 0 Å². The molecule has 2 aromatic rings. The SMILES string of the molecule is Nc1ccc(C=Cc2ccccn2)c(Cl)c1. The predicted molar refractivity (Wildman–Crippen MR) is 69.0 cm³/mol. The zero-order chi connectivity index (χ0) is 11.4. The van der Waals surface area contributed by atoms with Crippen LogP contribution in [-0.2, 0) is 0 Å². The lowest BCUT2D eigenvalue weighted by Crippen LogP contribution is -1.85. The number of halogens is 1. The van der Waals surface area contributed by atoms with Crippen LogP contribution in [0.3, 0.4) is 0 Å². The van der Waals surface area contributed by atoms with Gasteiger partial charge in [-0.15, -0.1) is 0 Å². The molecule has 0 radical (unpaired) electrons. The van der Waals surface area contributed by atoms with Crippen molar-refractivity contribution in [2.75, 3.05) is 5.73 Å².